The van der Waals surface area contributed by atoms with Gasteiger partial charge in [0.25, 0.3) is 0 Å². The van der Waals surface area contributed by atoms with Crippen LogP contribution < -0.4 is 10.6 Å². The van der Waals surface area contributed by atoms with Gasteiger partial charge in [0.15, 0.2) is 5.78 Å². The number of amides is 2. The molecule has 0 aliphatic heterocycles. The van der Waals surface area contributed by atoms with Gasteiger partial charge in [0, 0.05) is 24.3 Å². The molecular weight excluding hydrogens is 318 g/mol. The molecule has 2 aromatic rings. The molecule has 2 amide bonds. The monoisotopic (exact) mass is 337 g/mol. The van der Waals surface area contributed by atoms with Crippen LogP contribution in [0.2, 0.25) is 0 Å². The first-order chi connectivity index (χ1) is 12.1. The van der Waals surface area contributed by atoms with E-state index in [1.165, 1.54) is 6.20 Å². The molecule has 1 aromatic carbocycles. The predicted octanol–water partition coefficient (Wildman–Crippen LogP) is 3.03. The molecule has 0 atom stereocenters. The topological polar surface area (TPSA) is 88.2 Å². The highest BCUT2D eigenvalue weighted by Crippen LogP contribution is 2.29. The van der Waals surface area contributed by atoms with Gasteiger partial charge in [-0.15, -0.1) is 0 Å². The molecular formula is C19H19N3O3. The summed E-state index contributed by atoms with van der Waals surface area (Å²) in [4.78, 5) is 39.7. The van der Waals surface area contributed by atoms with E-state index in [9.17, 15) is 14.4 Å². The minimum absolute atomic E-state index is 0.0105. The Morgan fingerprint density at radius 2 is 1.72 bits per heavy atom. The van der Waals surface area contributed by atoms with Gasteiger partial charge in [-0.05, 0) is 25.0 Å². The summed E-state index contributed by atoms with van der Waals surface area (Å²) in [5, 5.41) is 5.43. The van der Waals surface area contributed by atoms with Gasteiger partial charge in [-0.2, -0.15) is 0 Å². The Hall–Kier alpha value is -3.02. The van der Waals surface area contributed by atoms with Crippen LogP contribution in [0, 0.1) is 5.92 Å². The Labute approximate surface area is 145 Å². The molecule has 0 saturated heterocycles. The molecule has 1 fully saturated rings. The van der Waals surface area contributed by atoms with Gasteiger partial charge < -0.3 is 10.6 Å². The van der Waals surface area contributed by atoms with Gasteiger partial charge in [-0.1, -0.05) is 30.3 Å². The van der Waals surface area contributed by atoms with Gasteiger partial charge >= 0.3 is 0 Å². The number of hydrogen-bond acceptors (Lipinski definition) is 4. The highest BCUT2D eigenvalue weighted by molar-refractivity contribution is 6.00. The van der Waals surface area contributed by atoms with E-state index in [4.69, 9.17) is 0 Å². The molecule has 0 bridgehead atoms. The van der Waals surface area contributed by atoms with Crippen LogP contribution in [0.15, 0.2) is 48.7 Å². The number of rotatable bonds is 7. The minimum Gasteiger partial charge on any atom is -0.325 e. The molecule has 6 heteroatoms. The third-order valence-corrected chi connectivity index (χ3v) is 3.92. The Kier molecular flexibility index (Phi) is 5.18. The molecule has 6 nitrogen and oxygen atoms in total. The average Bonchev–Trinajstić information content (AvgIpc) is 3.47. The second-order valence-corrected chi connectivity index (χ2v) is 6.03. The number of hydrogen-bond donors (Lipinski definition) is 2. The zero-order chi connectivity index (χ0) is 17.6. The maximum absolute atomic E-state index is 12.0. The first-order valence-corrected chi connectivity index (χ1v) is 8.27. The van der Waals surface area contributed by atoms with E-state index in [1.54, 1.807) is 36.4 Å². The number of pyridine rings is 1. The summed E-state index contributed by atoms with van der Waals surface area (Å²) < 4.78 is 0. The summed E-state index contributed by atoms with van der Waals surface area (Å²) in [6.07, 6.45) is 3.61. The molecule has 25 heavy (non-hydrogen) atoms. The third kappa shape index (κ3) is 4.97. The fourth-order valence-corrected chi connectivity index (χ4v) is 2.33. The number of aromatic nitrogens is 1. The van der Waals surface area contributed by atoms with E-state index in [1.807, 2.05) is 6.07 Å². The lowest BCUT2D eigenvalue weighted by Gasteiger charge is -2.07. The van der Waals surface area contributed by atoms with Crippen molar-refractivity contribution < 1.29 is 14.4 Å². The second kappa shape index (κ2) is 7.70. The predicted molar refractivity (Wildman–Crippen MR) is 94.2 cm³/mol. The number of carbonyl (C=O) groups is 3. The molecule has 1 heterocycles. The molecule has 0 radical (unpaired) electrons. The zero-order valence-electron chi connectivity index (χ0n) is 13.7. The lowest BCUT2D eigenvalue weighted by Crippen LogP contribution is -2.15. The smallest absolute Gasteiger partial charge is 0.228 e. The van der Waals surface area contributed by atoms with E-state index < -0.39 is 0 Å². The molecule has 128 valence electrons. The first kappa shape index (κ1) is 16.8. The largest absolute Gasteiger partial charge is 0.325 e. The van der Waals surface area contributed by atoms with Crippen LogP contribution in [0.4, 0.5) is 11.5 Å². The lowest BCUT2D eigenvalue weighted by molar-refractivity contribution is -0.117. The fraction of sp³-hybridized carbons (Fsp3) is 0.263. The van der Waals surface area contributed by atoms with Crippen molar-refractivity contribution in [2.75, 3.05) is 10.6 Å². The lowest BCUT2D eigenvalue weighted by atomic mass is 10.1. The van der Waals surface area contributed by atoms with Crippen LogP contribution >= 0.6 is 0 Å². The molecule has 1 aliphatic carbocycles. The van der Waals surface area contributed by atoms with Crippen LogP contribution in [0.3, 0.4) is 0 Å². The zero-order valence-corrected chi connectivity index (χ0v) is 13.7. The number of nitrogens with zero attached hydrogens (tertiary/aromatic N) is 1. The van der Waals surface area contributed by atoms with Crippen molar-refractivity contribution in [1.29, 1.82) is 0 Å². The molecule has 2 N–H and O–H groups in total. The van der Waals surface area contributed by atoms with Gasteiger partial charge in [-0.25, -0.2) is 4.98 Å². The van der Waals surface area contributed by atoms with Gasteiger partial charge in [0.05, 0.1) is 11.9 Å². The van der Waals surface area contributed by atoms with E-state index in [-0.39, 0.29) is 36.4 Å². The van der Waals surface area contributed by atoms with Crippen LogP contribution in [0.1, 0.15) is 36.0 Å². The highest BCUT2D eigenvalue weighted by atomic mass is 16.2. The second-order valence-electron chi connectivity index (χ2n) is 6.03. The normalized spacial score (nSPS) is 13.1. The summed E-state index contributed by atoms with van der Waals surface area (Å²) in [6, 6.07) is 12.2. The standard InChI is InChI=1S/C19H19N3O3/c23-16(13-4-2-1-3-5-13)9-11-18(24)21-15-8-10-17(20-12-15)22-19(25)14-6-7-14/h1-5,8,10,12,14H,6-7,9,11H2,(H,21,24)(H,20,22,25). The molecule has 3 rings (SSSR count). The number of nitrogens with one attached hydrogen (secondary N) is 2. The number of benzene rings is 1. The van der Waals surface area contributed by atoms with E-state index >= 15 is 0 Å². The summed E-state index contributed by atoms with van der Waals surface area (Å²) in [5.74, 6) is 0.258. The molecule has 1 aliphatic rings. The van der Waals surface area contributed by atoms with Crippen LogP contribution in [-0.4, -0.2) is 22.6 Å². The SMILES string of the molecule is O=C(CCC(=O)c1ccccc1)Nc1ccc(NC(=O)C2CC2)nc1. The Morgan fingerprint density at radius 1 is 0.960 bits per heavy atom. The van der Waals surface area contributed by atoms with E-state index in [2.05, 4.69) is 15.6 Å². The first-order valence-electron chi connectivity index (χ1n) is 8.27. The van der Waals surface area contributed by atoms with Crippen molar-refractivity contribution in [3.8, 4) is 0 Å². The minimum atomic E-state index is -0.249. The number of anilines is 2. The van der Waals surface area contributed by atoms with Crippen LogP contribution in [-0.2, 0) is 9.59 Å². The Bertz CT molecular complexity index is 768. The maximum atomic E-state index is 12.0. The quantitative estimate of drug-likeness (QED) is 0.760. The van der Waals surface area contributed by atoms with Gasteiger partial charge in [0.1, 0.15) is 5.82 Å². The number of Topliss-reactive ketones (excluding diaryl/α,β-unsaturated/α-hetero) is 1. The fourth-order valence-electron chi connectivity index (χ4n) is 2.33. The van der Waals surface area contributed by atoms with Crippen LogP contribution in [0.5, 0.6) is 0 Å². The Morgan fingerprint density at radius 3 is 2.36 bits per heavy atom. The molecule has 1 saturated carbocycles. The summed E-state index contributed by atoms with van der Waals surface area (Å²) in [5.41, 5.74) is 1.13. The van der Waals surface area contributed by atoms with Gasteiger partial charge in [-0.3, -0.25) is 14.4 Å². The van der Waals surface area contributed by atoms with Crippen molar-refractivity contribution >= 4 is 29.1 Å². The van der Waals surface area contributed by atoms with Crippen molar-refractivity contribution in [3.05, 3.63) is 54.2 Å². The number of carbonyl (C=O) groups excluding carboxylic acids is 3. The van der Waals surface area contributed by atoms with E-state index in [0.717, 1.165) is 12.8 Å². The molecule has 0 spiro atoms. The Balaban J connectivity index is 1.46. The van der Waals surface area contributed by atoms with Crippen molar-refractivity contribution in [2.24, 2.45) is 5.92 Å². The number of ketones is 1. The highest BCUT2D eigenvalue weighted by Gasteiger charge is 2.29. The maximum Gasteiger partial charge on any atom is 0.228 e. The summed E-state index contributed by atoms with van der Waals surface area (Å²) in [6.45, 7) is 0. The van der Waals surface area contributed by atoms with Crippen molar-refractivity contribution in [1.82, 2.24) is 4.98 Å². The third-order valence-electron chi connectivity index (χ3n) is 3.92. The summed E-state index contributed by atoms with van der Waals surface area (Å²) >= 11 is 0. The molecule has 1 aromatic heterocycles. The average molecular weight is 337 g/mol. The van der Waals surface area contributed by atoms with Crippen molar-refractivity contribution in [3.63, 3.8) is 0 Å². The van der Waals surface area contributed by atoms with E-state index in [0.29, 0.717) is 17.1 Å². The molecule has 0 unspecified atom stereocenters. The van der Waals surface area contributed by atoms with Crippen LogP contribution in [0.25, 0.3) is 0 Å². The van der Waals surface area contributed by atoms with Gasteiger partial charge in [0.2, 0.25) is 11.8 Å². The summed E-state index contributed by atoms with van der Waals surface area (Å²) in [7, 11) is 0. The van der Waals surface area contributed by atoms with Crippen molar-refractivity contribution in [2.45, 2.75) is 25.7 Å².